The molecule has 7 heteroatoms. The van der Waals surface area contributed by atoms with E-state index in [0.717, 1.165) is 12.1 Å². The van der Waals surface area contributed by atoms with Gasteiger partial charge in [0.1, 0.15) is 18.1 Å². The van der Waals surface area contributed by atoms with Gasteiger partial charge in [-0.3, -0.25) is 15.0 Å². The normalized spacial score (nSPS) is 9.71. The van der Waals surface area contributed by atoms with E-state index in [0.29, 0.717) is 0 Å². The van der Waals surface area contributed by atoms with Crippen LogP contribution in [0.4, 0.5) is 10.1 Å². The number of aliphatic carboxylic acids is 1. The van der Waals surface area contributed by atoms with Crippen molar-refractivity contribution in [2.45, 2.75) is 0 Å². The zero-order valence-corrected chi connectivity index (χ0v) is 8.66. The van der Waals surface area contributed by atoms with Gasteiger partial charge in [-0.05, 0) is 18.2 Å². The number of anilines is 1. The number of nitrogens with one attached hydrogen (secondary N) is 2. The van der Waals surface area contributed by atoms with Gasteiger partial charge >= 0.3 is 5.97 Å². The summed E-state index contributed by atoms with van der Waals surface area (Å²) in [6.45, 7) is -0.412. The largest absolute Gasteiger partial charge is 0.480 e. The molecule has 0 heterocycles. The van der Waals surface area contributed by atoms with E-state index in [-0.39, 0.29) is 11.3 Å². The van der Waals surface area contributed by atoms with Crippen LogP contribution < -0.4 is 11.1 Å². The van der Waals surface area contributed by atoms with Gasteiger partial charge in [0, 0.05) is 11.3 Å². The Morgan fingerprint density at radius 3 is 2.65 bits per heavy atom. The first kappa shape index (κ1) is 12.6. The number of nitrogens with two attached hydrogens (primary N) is 1. The van der Waals surface area contributed by atoms with Gasteiger partial charge in [0.15, 0.2) is 0 Å². The Kier molecular flexibility index (Phi) is 3.76. The molecule has 17 heavy (non-hydrogen) atoms. The summed E-state index contributed by atoms with van der Waals surface area (Å²) in [6, 6.07) is 3.27. The molecule has 0 aliphatic carbocycles. The molecular weight excluding hydrogens is 229 g/mol. The molecule has 1 aromatic carbocycles. The number of rotatable bonds is 5. The molecule has 0 atom stereocenters. The van der Waals surface area contributed by atoms with Crippen LogP contribution in [0.1, 0.15) is 5.56 Å². The lowest BCUT2D eigenvalue weighted by Gasteiger charge is -2.10. The molecule has 0 fully saturated rings. The molecule has 0 radical (unpaired) electrons. The summed E-state index contributed by atoms with van der Waals surface area (Å²) >= 11 is 0. The third-order valence-corrected chi connectivity index (χ3v) is 1.93. The summed E-state index contributed by atoms with van der Waals surface area (Å²) in [5.74, 6) is -2.79. The van der Waals surface area contributed by atoms with E-state index in [1.54, 1.807) is 0 Å². The van der Waals surface area contributed by atoms with Crippen LogP contribution in [-0.2, 0) is 9.59 Å². The minimum absolute atomic E-state index is 0.0706. The van der Waals surface area contributed by atoms with Gasteiger partial charge in [-0.25, -0.2) is 4.39 Å². The molecular formula is C10H10FN3O3. The van der Waals surface area contributed by atoms with Crippen molar-refractivity contribution in [3.05, 3.63) is 29.6 Å². The van der Waals surface area contributed by atoms with Crippen LogP contribution in [0.3, 0.4) is 0 Å². The van der Waals surface area contributed by atoms with Crippen molar-refractivity contribution < 1.29 is 19.1 Å². The third kappa shape index (κ3) is 3.26. The van der Waals surface area contributed by atoms with Gasteiger partial charge in [0.2, 0.25) is 0 Å². The molecule has 0 aromatic heterocycles. The lowest BCUT2D eigenvalue weighted by atomic mass is 10.1. The van der Waals surface area contributed by atoms with Crippen molar-refractivity contribution in [2.24, 2.45) is 5.73 Å². The van der Waals surface area contributed by atoms with E-state index in [9.17, 15) is 14.0 Å². The summed E-state index contributed by atoms with van der Waals surface area (Å²) in [7, 11) is 0. The number of amides is 1. The maximum atomic E-state index is 13.0. The third-order valence-electron chi connectivity index (χ3n) is 1.93. The lowest BCUT2D eigenvalue weighted by Crippen LogP contribution is -2.25. The van der Waals surface area contributed by atoms with Crippen LogP contribution in [0.2, 0.25) is 0 Å². The number of primary amides is 1. The molecule has 0 aliphatic rings. The van der Waals surface area contributed by atoms with Crippen molar-refractivity contribution in [3.8, 4) is 0 Å². The average molecular weight is 239 g/mol. The molecule has 0 unspecified atom stereocenters. The fraction of sp³-hybridized carbons (Fsp3) is 0.100. The minimum atomic E-state index is -1.12. The molecule has 1 amide bonds. The number of halogens is 1. The van der Waals surface area contributed by atoms with E-state index < -0.39 is 30.0 Å². The Bertz CT molecular complexity index is 488. The SMILES string of the molecule is N=C(C(N)=O)c1cc(F)ccc1NCC(=O)O. The number of benzene rings is 1. The van der Waals surface area contributed by atoms with E-state index in [4.69, 9.17) is 16.2 Å². The number of carbonyl (C=O) groups is 2. The first-order valence-electron chi connectivity index (χ1n) is 4.55. The predicted molar refractivity (Wildman–Crippen MR) is 58.5 cm³/mol. The Labute approximate surface area is 95.7 Å². The molecule has 0 spiro atoms. The predicted octanol–water partition coefficient (Wildman–Crippen LogP) is 0.175. The van der Waals surface area contributed by atoms with Crippen molar-refractivity contribution in [2.75, 3.05) is 11.9 Å². The Morgan fingerprint density at radius 1 is 1.47 bits per heavy atom. The van der Waals surface area contributed by atoms with E-state index >= 15 is 0 Å². The average Bonchev–Trinajstić information content (AvgIpc) is 2.26. The van der Waals surface area contributed by atoms with Gasteiger partial charge < -0.3 is 16.2 Å². The van der Waals surface area contributed by atoms with Crippen LogP contribution in [0, 0.1) is 11.2 Å². The van der Waals surface area contributed by atoms with Gasteiger partial charge in [0.05, 0.1) is 0 Å². The van der Waals surface area contributed by atoms with Gasteiger partial charge in [0.25, 0.3) is 5.91 Å². The Balaban J connectivity index is 3.07. The zero-order chi connectivity index (χ0) is 13.0. The molecule has 0 saturated heterocycles. The van der Waals surface area contributed by atoms with Crippen LogP contribution in [0.25, 0.3) is 0 Å². The fourth-order valence-corrected chi connectivity index (χ4v) is 1.18. The summed E-state index contributed by atoms with van der Waals surface area (Å²) in [6.07, 6.45) is 0. The fourth-order valence-electron chi connectivity index (χ4n) is 1.18. The number of carbonyl (C=O) groups excluding carboxylic acids is 1. The monoisotopic (exact) mass is 239 g/mol. The Morgan fingerprint density at radius 2 is 2.12 bits per heavy atom. The van der Waals surface area contributed by atoms with Crippen molar-refractivity contribution >= 4 is 23.3 Å². The zero-order valence-electron chi connectivity index (χ0n) is 8.66. The second-order valence-electron chi connectivity index (χ2n) is 3.18. The summed E-state index contributed by atoms with van der Waals surface area (Å²) in [4.78, 5) is 21.2. The van der Waals surface area contributed by atoms with Crippen molar-refractivity contribution in [1.29, 1.82) is 5.41 Å². The first-order valence-corrected chi connectivity index (χ1v) is 4.55. The second-order valence-corrected chi connectivity index (χ2v) is 3.18. The minimum Gasteiger partial charge on any atom is -0.480 e. The number of carboxylic acids is 1. The molecule has 0 bridgehead atoms. The summed E-state index contributed by atoms with van der Waals surface area (Å²) < 4.78 is 13.0. The molecule has 1 aromatic rings. The lowest BCUT2D eigenvalue weighted by molar-refractivity contribution is -0.134. The highest BCUT2D eigenvalue weighted by Crippen LogP contribution is 2.17. The van der Waals surface area contributed by atoms with Crippen LogP contribution in [-0.4, -0.2) is 29.2 Å². The first-order chi connectivity index (χ1) is 7.91. The second kappa shape index (κ2) is 5.06. The standard InChI is InChI=1S/C10H10FN3O3/c11-5-1-2-7(14-4-8(15)16)6(3-5)9(12)10(13)17/h1-3,12,14H,4H2,(H2,13,17)(H,15,16). The summed E-state index contributed by atoms with van der Waals surface area (Å²) in [5, 5.41) is 18.3. The van der Waals surface area contributed by atoms with Crippen molar-refractivity contribution in [3.63, 3.8) is 0 Å². The maximum Gasteiger partial charge on any atom is 0.322 e. The number of carboxylic acid groups (broad SMARTS) is 1. The number of hydrogen-bond acceptors (Lipinski definition) is 4. The highest BCUT2D eigenvalue weighted by atomic mass is 19.1. The van der Waals surface area contributed by atoms with Crippen LogP contribution in [0.15, 0.2) is 18.2 Å². The van der Waals surface area contributed by atoms with E-state index in [1.807, 2.05) is 0 Å². The molecule has 90 valence electrons. The molecule has 0 saturated carbocycles. The van der Waals surface area contributed by atoms with E-state index in [2.05, 4.69) is 5.32 Å². The molecule has 5 N–H and O–H groups in total. The topological polar surface area (TPSA) is 116 Å². The van der Waals surface area contributed by atoms with Crippen molar-refractivity contribution in [1.82, 2.24) is 0 Å². The molecule has 0 aliphatic heterocycles. The van der Waals surface area contributed by atoms with E-state index in [1.165, 1.54) is 6.07 Å². The highest BCUT2D eigenvalue weighted by molar-refractivity contribution is 6.44. The maximum absolute atomic E-state index is 13.0. The Hall–Kier alpha value is -2.44. The van der Waals surface area contributed by atoms with Crippen LogP contribution in [0.5, 0.6) is 0 Å². The molecule has 6 nitrogen and oxygen atoms in total. The quantitative estimate of drug-likeness (QED) is 0.548. The smallest absolute Gasteiger partial charge is 0.322 e. The number of hydrogen-bond donors (Lipinski definition) is 4. The molecule has 1 rings (SSSR count). The van der Waals surface area contributed by atoms with Gasteiger partial charge in [-0.15, -0.1) is 0 Å². The van der Waals surface area contributed by atoms with Crippen LogP contribution >= 0.6 is 0 Å². The summed E-state index contributed by atoms with van der Waals surface area (Å²) in [5.41, 5.74) is 4.42. The highest BCUT2D eigenvalue weighted by Gasteiger charge is 2.14. The van der Waals surface area contributed by atoms with Gasteiger partial charge in [-0.1, -0.05) is 0 Å². The van der Waals surface area contributed by atoms with Gasteiger partial charge in [-0.2, -0.15) is 0 Å².